The van der Waals surface area contributed by atoms with Crippen LogP contribution in [0.2, 0.25) is 0 Å². The first-order valence-corrected chi connectivity index (χ1v) is 6.15. The Labute approximate surface area is 110 Å². The Morgan fingerprint density at radius 3 is 2.78 bits per heavy atom. The standard InChI is InChI=1S/C13H14ClN3O/c1-13(2,8-14)17-12(18)9-4-3-5-10-11(9)16-7-6-15-10/h3-7H,8H2,1-2H3,(H,17,18). The van der Waals surface area contributed by atoms with Gasteiger partial charge in [-0.1, -0.05) is 6.07 Å². The van der Waals surface area contributed by atoms with Gasteiger partial charge in [-0.25, -0.2) is 0 Å². The van der Waals surface area contributed by atoms with E-state index in [9.17, 15) is 4.79 Å². The van der Waals surface area contributed by atoms with Crippen molar-refractivity contribution in [3.63, 3.8) is 0 Å². The van der Waals surface area contributed by atoms with Crippen LogP contribution in [0.5, 0.6) is 0 Å². The maximum atomic E-state index is 12.2. The minimum atomic E-state index is -0.455. The molecule has 0 atom stereocenters. The lowest BCUT2D eigenvalue weighted by Crippen LogP contribution is -2.45. The highest BCUT2D eigenvalue weighted by Gasteiger charge is 2.21. The molecule has 1 aromatic carbocycles. The van der Waals surface area contributed by atoms with Gasteiger partial charge in [-0.3, -0.25) is 14.8 Å². The SMILES string of the molecule is CC(C)(CCl)NC(=O)c1cccc2nccnc12. The van der Waals surface area contributed by atoms with E-state index in [1.807, 2.05) is 19.9 Å². The van der Waals surface area contributed by atoms with Gasteiger partial charge in [0, 0.05) is 23.8 Å². The third-order valence-corrected chi connectivity index (χ3v) is 3.20. The van der Waals surface area contributed by atoms with Crippen molar-refractivity contribution in [2.45, 2.75) is 19.4 Å². The monoisotopic (exact) mass is 263 g/mol. The average molecular weight is 264 g/mol. The molecular weight excluding hydrogens is 250 g/mol. The summed E-state index contributed by atoms with van der Waals surface area (Å²) in [7, 11) is 0. The van der Waals surface area contributed by atoms with Gasteiger partial charge in [-0.05, 0) is 26.0 Å². The van der Waals surface area contributed by atoms with Crippen molar-refractivity contribution < 1.29 is 4.79 Å². The number of alkyl halides is 1. The summed E-state index contributed by atoms with van der Waals surface area (Å²) in [5.41, 5.74) is 1.36. The Balaban J connectivity index is 2.39. The van der Waals surface area contributed by atoms with Crippen molar-refractivity contribution in [3.8, 4) is 0 Å². The summed E-state index contributed by atoms with van der Waals surface area (Å²) < 4.78 is 0. The zero-order valence-corrected chi connectivity index (χ0v) is 11.0. The van der Waals surface area contributed by atoms with Crippen LogP contribution in [-0.4, -0.2) is 27.3 Å². The number of carbonyl (C=O) groups excluding carboxylic acids is 1. The van der Waals surface area contributed by atoms with Crippen LogP contribution in [0.1, 0.15) is 24.2 Å². The maximum absolute atomic E-state index is 12.2. The lowest BCUT2D eigenvalue weighted by Gasteiger charge is -2.23. The second-order valence-electron chi connectivity index (χ2n) is 4.70. The second-order valence-corrected chi connectivity index (χ2v) is 4.97. The number of amides is 1. The highest BCUT2D eigenvalue weighted by Crippen LogP contribution is 2.15. The van der Waals surface area contributed by atoms with Crippen molar-refractivity contribution in [1.82, 2.24) is 15.3 Å². The van der Waals surface area contributed by atoms with Gasteiger partial charge in [0.25, 0.3) is 5.91 Å². The van der Waals surface area contributed by atoms with Crippen molar-refractivity contribution >= 4 is 28.5 Å². The van der Waals surface area contributed by atoms with Crippen molar-refractivity contribution in [1.29, 1.82) is 0 Å². The minimum Gasteiger partial charge on any atom is -0.346 e. The van der Waals surface area contributed by atoms with Crippen LogP contribution in [0.3, 0.4) is 0 Å². The van der Waals surface area contributed by atoms with Gasteiger partial charge in [0.15, 0.2) is 0 Å². The molecule has 18 heavy (non-hydrogen) atoms. The van der Waals surface area contributed by atoms with E-state index in [0.29, 0.717) is 22.5 Å². The van der Waals surface area contributed by atoms with E-state index in [0.717, 1.165) is 0 Å². The first kappa shape index (κ1) is 12.8. The molecule has 0 aliphatic heterocycles. The fraction of sp³-hybridized carbons (Fsp3) is 0.308. The summed E-state index contributed by atoms with van der Waals surface area (Å²) in [5, 5.41) is 2.88. The van der Waals surface area contributed by atoms with Gasteiger partial charge in [-0.15, -0.1) is 11.6 Å². The Morgan fingerprint density at radius 1 is 1.33 bits per heavy atom. The summed E-state index contributed by atoms with van der Waals surface area (Å²) in [6.07, 6.45) is 3.18. The summed E-state index contributed by atoms with van der Waals surface area (Å²) in [5.74, 6) is 0.154. The summed E-state index contributed by atoms with van der Waals surface area (Å²) in [6, 6.07) is 5.35. The number of nitrogens with one attached hydrogen (secondary N) is 1. The van der Waals surface area contributed by atoms with E-state index in [1.54, 1.807) is 24.5 Å². The molecule has 5 heteroatoms. The molecule has 0 unspecified atom stereocenters. The molecule has 1 heterocycles. The number of hydrogen-bond acceptors (Lipinski definition) is 3. The number of para-hydroxylation sites is 1. The summed E-state index contributed by atoms with van der Waals surface area (Å²) in [6.45, 7) is 3.74. The predicted molar refractivity (Wildman–Crippen MR) is 71.8 cm³/mol. The average Bonchev–Trinajstić information content (AvgIpc) is 2.37. The smallest absolute Gasteiger partial charge is 0.254 e. The number of fused-ring (bicyclic) bond motifs is 1. The molecule has 2 aromatic rings. The maximum Gasteiger partial charge on any atom is 0.254 e. The molecule has 0 aliphatic carbocycles. The number of benzene rings is 1. The molecule has 94 valence electrons. The summed E-state index contributed by atoms with van der Waals surface area (Å²) in [4.78, 5) is 20.6. The van der Waals surface area contributed by atoms with Crippen molar-refractivity contribution in [2.75, 3.05) is 5.88 Å². The van der Waals surface area contributed by atoms with Gasteiger partial charge in [-0.2, -0.15) is 0 Å². The summed E-state index contributed by atoms with van der Waals surface area (Å²) >= 11 is 5.80. The van der Waals surface area contributed by atoms with Crippen LogP contribution >= 0.6 is 11.6 Å². The molecule has 0 saturated heterocycles. The van der Waals surface area contributed by atoms with E-state index in [-0.39, 0.29) is 5.91 Å². The lowest BCUT2D eigenvalue weighted by atomic mass is 10.1. The van der Waals surface area contributed by atoms with Gasteiger partial charge in [0.05, 0.1) is 11.1 Å². The van der Waals surface area contributed by atoms with Crippen LogP contribution in [-0.2, 0) is 0 Å². The van der Waals surface area contributed by atoms with E-state index in [1.165, 1.54) is 0 Å². The number of rotatable bonds is 3. The molecule has 0 bridgehead atoms. The highest BCUT2D eigenvalue weighted by molar-refractivity contribution is 6.19. The van der Waals surface area contributed by atoms with Crippen LogP contribution in [0, 0.1) is 0 Å². The molecule has 1 N–H and O–H groups in total. The van der Waals surface area contributed by atoms with E-state index >= 15 is 0 Å². The number of halogens is 1. The highest BCUT2D eigenvalue weighted by atomic mass is 35.5. The topological polar surface area (TPSA) is 54.9 Å². The van der Waals surface area contributed by atoms with E-state index < -0.39 is 5.54 Å². The van der Waals surface area contributed by atoms with Gasteiger partial charge in [0.2, 0.25) is 0 Å². The zero-order chi connectivity index (χ0) is 13.2. The van der Waals surface area contributed by atoms with Crippen LogP contribution in [0.25, 0.3) is 11.0 Å². The van der Waals surface area contributed by atoms with Gasteiger partial charge in [0.1, 0.15) is 5.52 Å². The van der Waals surface area contributed by atoms with Crippen molar-refractivity contribution in [3.05, 3.63) is 36.2 Å². The number of carbonyl (C=O) groups is 1. The molecule has 4 nitrogen and oxygen atoms in total. The van der Waals surface area contributed by atoms with Crippen LogP contribution < -0.4 is 5.32 Å². The first-order valence-electron chi connectivity index (χ1n) is 5.62. The number of aromatic nitrogens is 2. The molecule has 1 aromatic heterocycles. The van der Waals surface area contributed by atoms with Crippen molar-refractivity contribution in [2.24, 2.45) is 0 Å². The normalized spacial score (nSPS) is 11.5. The Kier molecular flexibility index (Phi) is 3.48. The molecule has 1 amide bonds. The van der Waals surface area contributed by atoms with E-state index in [2.05, 4.69) is 15.3 Å². The molecular formula is C13H14ClN3O. The van der Waals surface area contributed by atoms with Gasteiger partial charge >= 0.3 is 0 Å². The lowest BCUT2D eigenvalue weighted by molar-refractivity contribution is 0.0922. The molecule has 2 rings (SSSR count). The first-order chi connectivity index (χ1) is 8.53. The minimum absolute atomic E-state index is 0.188. The predicted octanol–water partition coefficient (Wildman–Crippen LogP) is 2.38. The van der Waals surface area contributed by atoms with Crippen LogP contribution in [0.4, 0.5) is 0 Å². The fourth-order valence-corrected chi connectivity index (χ4v) is 1.65. The fourth-order valence-electron chi connectivity index (χ4n) is 1.58. The van der Waals surface area contributed by atoms with Gasteiger partial charge < -0.3 is 5.32 Å². The Bertz CT molecular complexity index is 578. The number of hydrogen-bond donors (Lipinski definition) is 1. The molecule has 0 radical (unpaired) electrons. The third-order valence-electron chi connectivity index (χ3n) is 2.53. The number of nitrogens with zero attached hydrogens (tertiary/aromatic N) is 2. The molecule has 0 saturated carbocycles. The Hall–Kier alpha value is -1.68. The largest absolute Gasteiger partial charge is 0.346 e. The van der Waals surface area contributed by atoms with Crippen LogP contribution in [0.15, 0.2) is 30.6 Å². The molecule has 0 fully saturated rings. The van der Waals surface area contributed by atoms with E-state index in [4.69, 9.17) is 11.6 Å². The quantitative estimate of drug-likeness (QED) is 0.865. The zero-order valence-electron chi connectivity index (χ0n) is 10.3. The molecule has 0 aliphatic rings. The molecule has 0 spiro atoms. The third kappa shape index (κ3) is 2.59. The Morgan fingerprint density at radius 2 is 2.06 bits per heavy atom. The second kappa shape index (κ2) is 4.90.